The average Bonchev–Trinajstić information content (AvgIpc) is 2.16. The van der Waals surface area contributed by atoms with Gasteiger partial charge >= 0.3 is 0 Å². The molecule has 0 aliphatic carbocycles. The van der Waals surface area contributed by atoms with Crippen molar-refractivity contribution in [1.82, 2.24) is 0 Å². The maximum absolute atomic E-state index is 9.73. The number of phenolic OH excluding ortho intramolecular Hbond substituents is 1. The van der Waals surface area contributed by atoms with Crippen LogP contribution in [0.2, 0.25) is 0 Å². The van der Waals surface area contributed by atoms with E-state index in [1.807, 2.05) is 13.0 Å². The molecule has 1 aromatic rings. The first kappa shape index (κ1) is 12.0. The van der Waals surface area contributed by atoms with Crippen LogP contribution in [0.5, 0.6) is 5.75 Å². The smallest absolute Gasteiger partial charge is 0.119 e. The Balaban J connectivity index is 3.00. The summed E-state index contributed by atoms with van der Waals surface area (Å²) in [5.74, 6) is 5.76. The van der Waals surface area contributed by atoms with Crippen molar-refractivity contribution in [2.45, 2.75) is 33.1 Å². The zero-order valence-corrected chi connectivity index (χ0v) is 9.58. The van der Waals surface area contributed by atoms with Crippen LogP contribution in [-0.4, -0.2) is 11.7 Å². The van der Waals surface area contributed by atoms with Crippen LogP contribution in [0, 0.1) is 6.92 Å². The molecule has 3 nitrogen and oxygen atoms in total. The molecule has 0 bridgehead atoms. The molecule has 0 amide bonds. The lowest BCUT2D eigenvalue weighted by Gasteiger charge is -2.13. The first-order chi connectivity index (χ1) is 7.06. The molecule has 15 heavy (non-hydrogen) atoms. The predicted octanol–water partition coefficient (Wildman–Crippen LogP) is 2.26. The number of aryl methyl sites for hydroxylation is 1. The number of nitrogens with two attached hydrogens (primary N) is 1. The van der Waals surface area contributed by atoms with Crippen molar-refractivity contribution in [3.05, 3.63) is 28.8 Å². The summed E-state index contributed by atoms with van der Waals surface area (Å²) in [4.78, 5) is 4.52. The summed E-state index contributed by atoms with van der Waals surface area (Å²) in [5, 5.41) is 9.73. The second-order valence-electron chi connectivity index (χ2n) is 4.11. The Kier molecular flexibility index (Phi) is 4.12. The van der Waals surface area contributed by atoms with Gasteiger partial charge in [0, 0.05) is 6.42 Å². The van der Waals surface area contributed by atoms with E-state index in [2.05, 4.69) is 18.7 Å². The molecule has 0 saturated carbocycles. The third-order valence-electron chi connectivity index (χ3n) is 2.58. The highest BCUT2D eigenvalue weighted by atomic mass is 16.6. The van der Waals surface area contributed by atoms with E-state index in [1.54, 1.807) is 6.07 Å². The van der Waals surface area contributed by atoms with Crippen molar-refractivity contribution in [1.29, 1.82) is 0 Å². The van der Waals surface area contributed by atoms with Gasteiger partial charge in [-0.2, -0.15) is 0 Å². The average molecular weight is 209 g/mol. The quantitative estimate of drug-likeness (QED) is 0.748. The number of hydrogen-bond acceptors (Lipinski definition) is 3. The van der Waals surface area contributed by atoms with Gasteiger partial charge < -0.3 is 9.94 Å². The van der Waals surface area contributed by atoms with E-state index >= 15 is 0 Å². The van der Waals surface area contributed by atoms with Gasteiger partial charge in [0.25, 0.3) is 0 Å². The third-order valence-corrected chi connectivity index (χ3v) is 2.58. The summed E-state index contributed by atoms with van der Waals surface area (Å²) < 4.78 is 0. The number of hydrogen-bond donors (Lipinski definition) is 2. The second-order valence-corrected chi connectivity index (χ2v) is 4.11. The van der Waals surface area contributed by atoms with Gasteiger partial charge in [0.05, 0.1) is 6.61 Å². The molecule has 1 rings (SSSR count). The summed E-state index contributed by atoms with van der Waals surface area (Å²) in [5.41, 5.74) is 3.29. The van der Waals surface area contributed by atoms with E-state index < -0.39 is 0 Å². The number of phenols is 1. The fourth-order valence-corrected chi connectivity index (χ4v) is 1.75. The second kappa shape index (κ2) is 5.14. The molecule has 0 heterocycles. The number of benzene rings is 1. The van der Waals surface area contributed by atoms with Gasteiger partial charge in [-0.15, -0.1) is 0 Å². The first-order valence-electron chi connectivity index (χ1n) is 5.20. The molecule has 84 valence electrons. The standard InChI is InChI=1S/C12H19NO2/c1-8(2)11-7-10(4-5-15-13)12(14)6-9(11)3/h6-8,14H,4-5,13H2,1-3H3. The zero-order chi connectivity index (χ0) is 11.4. The van der Waals surface area contributed by atoms with E-state index in [0.717, 1.165) is 11.1 Å². The van der Waals surface area contributed by atoms with E-state index in [1.165, 1.54) is 5.56 Å². The van der Waals surface area contributed by atoms with Gasteiger partial charge in [-0.25, -0.2) is 5.90 Å². The van der Waals surface area contributed by atoms with Crippen LogP contribution in [0.25, 0.3) is 0 Å². The van der Waals surface area contributed by atoms with Gasteiger partial charge in [0.2, 0.25) is 0 Å². The molecular weight excluding hydrogens is 190 g/mol. The minimum absolute atomic E-state index is 0.328. The highest BCUT2D eigenvalue weighted by Gasteiger charge is 2.09. The summed E-state index contributed by atoms with van der Waals surface area (Å²) in [6.07, 6.45) is 0.641. The maximum Gasteiger partial charge on any atom is 0.119 e. The SMILES string of the molecule is Cc1cc(O)c(CCON)cc1C(C)C. The molecule has 0 aromatic heterocycles. The monoisotopic (exact) mass is 209 g/mol. The van der Waals surface area contributed by atoms with Crippen LogP contribution < -0.4 is 5.90 Å². The minimum atomic E-state index is 0.328. The lowest BCUT2D eigenvalue weighted by atomic mass is 9.94. The Morgan fingerprint density at radius 3 is 2.60 bits per heavy atom. The van der Waals surface area contributed by atoms with Gasteiger partial charge in [0.1, 0.15) is 5.75 Å². The van der Waals surface area contributed by atoms with Crippen molar-refractivity contribution in [3.63, 3.8) is 0 Å². The first-order valence-corrected chi connectivity index (χ1v) is 5.20. The fraction of sp³-hybridized carbons (Fsp3) is 0.500. The normalized spacial score (nSPS) is 11.0. The zero-order valence-electron chi connectivity index (χ0n) is 9.58. The Hall–Kier alpha value is -1.06. The molecule has 0 spiro atoms. The molecule has 0 aliphatic heterocycles. The molecular formula is C12H19NO2. The number of aromatic hydroxyl groups is 1. The summed E-state index contributed by atoms with van der Waals surface area (Å²) in [7, 11) is 0. The topological polar surface area (TPSA) is 55.5 Å². The van der Waals surface area contributed by atoms with Gasteiger partial charge in [-0.3, -0.25) is 0 Å². The third kappa shape index (κ3) is 2.94. The Bertz CT molecular complexity index is 335. The van der Waals surface area contributed by atoms with Crippen LogP contribution >= 0.6 is 0 Å². The van der Waals surface area contributed by atoms with E-state index in [4.69, 9.17) is 5.90 Å². The summed E-state index contributed by atoms with van der Waals surface area (Å²) in [6, 6.07) is 3.84. The van der Waals surface area contributed by atoms with Crippen molar-refractivity contribution in [3.8, 4) is 5.75 Å². The Morgan fingerprint density at radius 1 is 1.40 bits per heavy atom. The van der Waals surface area contributed by atoms with Crippen molar-refractivity contribution >= 4 is 0 Å². The Morgan fingerprint density at radius 2 is 2.07 bits per heavy atom. The summed E-state index contributed by atoms with van der Waals surface area (Å²) >= 11 is 0. The predicted molar refractivity (Wildman–Crippen MR) is 60.8 cm³/mol. The molecule has 0 fully saturated rings. The van der Waals surface area contributed by atoms with Crippen molar-refractivity contribution in [2.75, 3.05) is 6.61 Å². The lowest BCUT2D eigenvalue weighted by Crippen LogP contribution is -2.05. The molecule has 0 aliphatic rings. The van der Waals surface area contributed by atoms with Crippen molar-refractivity contribution in [2.24, 2.45) is 5.90 Å². The number of rotatable bonds is 4. The summed E-state index contributed by atoms with van der Waals surface area (Å²) in [6.45, 7) is 6.72. The molecule has 0 atom stereocenters. The maximum atomic E-state index is 9.73. The van der Waals surface area contributed by atoms with E-state index in [-0.39, 0.29) is 0 Å². The van der Waals surface area contributed by atoms with E-state index in [9.17, 15) is 5.11 Å². The van der Waals surface area contributed by atoms with Crippen LogP contribution in [-0.2, 0) is 11.3 Å². The van der Waals surface area contributed by atoms with Crippen molar-refractivity contribution < 1.29 is 9.94 Å². The lowest BCUT2D eigenvalue weighted by molar-refractivity contribution is 0.140. The minimum Gasteiger partial charge on any atom is -0.508 e. The molecule has 3 N–H and O–H groups in total. The van der Waals surface area contributed by atoms with Gasteiger partial charge in [0.15, 0.2) is 0 Å². The molecule has 3 heteroatoms. The van der Waals surface area contributed by atoms with E-state index in [0.29, 0.717) is 24.7 Å². The molecule has 0 unspecified atom stereocenters. The van der Waals surface area contributed by atoms with Crippen LogP contribution in [0.15, 0.2) is 12.1 Å². The van der Waals surface area contributed by atoms with Gasteiger partial charge in [-0.05, 0) is 35.6 Å². The molecule has 0 saturated heterocycles. The molecule has 1 aromatic carbocycles. The highest BCUT2D eigenvalue weighted by molar-refractivity contribution is 5.42. The van der Waals surface area contributed by atoms with Crippen LogP contribution in [0.3, 0.4) is 0 Å². The Labute approximate surface area is 90.8 Å². The molecule has 0 radical (unpaired) electrons. The highest BCUT2D eigenvalue weighted by Crippen LogP contribution is 2.27. The fourth-order valence-electron chi connectivity index (χ4n) is 1.75. The van der Waals surface area contributed by atoms with Crippen LogP contribution in [0.4, 0.5) is 0 Å². The largest absolute Gasteiger partial charge is 0.508 e. The van der Waals surface area contributed by atoms with Crippen LogP contribution in [0.1, 0.15) is 36.5 Å². The van der Waals surface area contributed by atoms with Gasteiger partial charge in [-0.1, -0.05) is 19.9 Å².